The Morgan fingerprint density at radius 2 is 1.67 bits per heavy atom. The fraction of sp³-hybridized carbons (Fsp3) is 0.308. The number of carboxylic acids is 2. The van der Waals surface area contributed by atoms with E-state index >= 15 is 0 Å². The minimum atomic E-state index is -1.21. The summed E-state index contributed by atoms with van der Waals surface area (Å²) in [4.78, 5) is 34.2. The van der Waals surface area contributed by atoms with E-state index in [0.29, 0.717) is 11.4 Å². The third-order valence-corrected chi connectivity index (χ3v) is 2.47. The van der Waals surface area contributed by atoms with Crippen molar-refractivity contribution in [3.05, 3.63) is 24.3 Å². The van der Waals surface area contributed by atoms with Crippen molar-refractivity contribution in [2.24, 2.45) is 0 Å². The molecule has 21 heavy (non-hydrogen) atoms. The average molecular weight is 296 g/mol. The topological polar surface area (TPSA) is 116 Å². The Morgan fingerprint density at radius 3 is 2.19 bits per heavy atom. The van der Waals surface area contributed by atoms with Crippen LogP contribution in [0.1, 0.15) is 0 Å². The Morgan fingerprint density at radius 1 is 1.10 bits per heavy atom. The van der Waals surface area contributed by atoms with Gasteiger partial charge in [0.25, 0.3) is 0 Å². The summed E-state index contributed by atoms with van der Waals surface area (Å²) in [5.74, 6) is -2.49. The van der Waals surface area contributed by atoms with Crippen molar-refractivity contribution in [3.8, 4) is 5.75 Å². The third-order valence-electron chi connectivity index (χ3n) is 2.47. The highest BCUT2D eigenvalue weighted by Gasteiger charge is 2.17. The van der Waals surface area contributed by atoms with E-state index in [4.69, 9.17) is 14.9 Å². The van der Waals surface area contributed by atoms with Gasteiger partial charge >= 0.3 is 11.9 Å². The van der Waals surface area contributed by atoms with Crippen molar-refractivity contribution in [2.45, 2.75) is 0 Å². The predicted molar refractivity (Wildman–Crippen MR) is 73.3 cm³/mol. The first-order valence-electron chi connectivity index (χ1n) is 6.01. The molecule has 1 aromatic carbocycles. The van der Waals surface area contributed by atoms with Crippen LogP contribution in [-0.4, -0.2) is 59.7 Å². The second-order valence-corrected chi connectivity index (χ2v) is 4.18. The van der Waals surface area contributed by atoms with Gasteiger partial charge in [-0.1, -0.05) is 12.1 Å². The molecule has 0 radical (unpaired) electrons. The maximum atomic E-state index is 11.9. The molecule has 0 saturated heterocycles. The number of ether oxygens (including phenoxy) is 1. The Balaban J connectivity index is 2.68. The summed E-state index contributed by atoms with van der Waals surface area (Å²) in [6, 6.07) is 6.71. The summed E-state index contributed by atoms with van der Waals surface area (Å²) in [6.07, 6.45) is 0. The van der Waals surface area contributed by atoms with Gasteiger partial charge in [-0.3, -0.25) is 19.3 Å². The maximum Gasteiger partial charge on any atom is 0.317 e. The molecule has 0 aromatic heterocycles. The van der Waals surface area contributed by atoms with Gasteiger partial charge in [0.1, 0.15) is 5.75 Å². The van der Waals surface area contributed by atoms with E-state index in [0.717, 1.165) is 4.90 Å². The molecule has 0 aliphatic carbocycles. The third kappa shape index (κ3) is 5.91. The summed E-state index contributed by atoms with van der Waals surface area (Å²) in [5.41, 5.74) is 0.426. The number of methoxy groups -OCH3 is 1. The van der Waals surface area contributed by atoms with Gasteiger partial charge in [0.05, 0.1) is 32.4 Å². The number of anilines is 1. The fourth-order valence-electron chi connectivity index (χ4n) is 1.69. The lowest BCUT2D eigenvalue weighted by atomic mass is 10.3. The van der Waals surface area contributed by atoms with Crippen molar-refractivity contribution in [2.75, 3.05) is 32.1 Å². The number of carbonyl (C=O) groups excluding carboxylic acids is 1. The lowest BCUT2D eigenvalue weighted by Crippen LogP contribution is -2.40. The number of benzene rings is 1. The number of hydrogen-bond donors (Lipinski definition) is 3. The SMILES string of the molecule is COc1ccccc1NC(=O)CN(CC(=O)O)CC(=O)O. The van der Waals surface area contributed by atoms with E-state index in [2.05, 4.69) is 5.32 Å². The molecule has 1 rings (SSSR count). The summed E-state index contributed by atoms with van der Waals surface area (Å²) in [7, 11) is 1.45. The van der Waals surface area contributed by atoms with Crippen LogP contribution in [0.25, 0.3) is 0 Å². The van der Waals surface area contributed by atoms with Crippen molar-refractivity contribution >= 4 is 23.5 Å². The molecule has 0 aliphatic heterocycles. The highest BCUT2D eigenvalue weighted by Crippen LogP contribution is 2.22. The number of nitrogens with one attached hydrogen (secondary N) is 1. The van der Waals surface area contributed by atoms with Gasteiger partial charge < -0.3 is 20.3 Å². The molecule has 114 valence electrons. The zero-order chi connectivity index (χ0) is 15.8. The quantitative estimate of drug-likeness (QED) is 0.623. The first-order chi connectivity index (χ1) is 9.92. The van der Waals surface area contributed by atoms with Crippen LogP contribution in [0.15, 0.2) is 24.3 Å². The highest BCUT2D eigenvalue weighted by molar-refractivity contribution is 5.94. The van der Waals surface area contributed by atoms with E-state index in [1.165, 1.54) is 7.11 Å². The largest absolute Gasteiger partial charge is 0.495 e. The molecule has 0 aliphatic rings. The van der Waals surface area contributed by atoms with E-state index in [1.54, 1.807) is 24.3 Å². The molecule has 0 bridgehead atoms. The van der Waals surface area contributed by atoms with Crippen LogP contribution >= 0.6 is 0 Å². The second-order valence-electron chi connectivity index (χ2n) is 4.18. The summed E-state index contributed by atoms with van der Waals surface area (Å²) in [5, 5.41) is 19.9. The first-order valence-corrected chi connectivity index (χ1v) is 6.01. The van der Waals surface area contributed by atoms with Crippen LogP contribution in [0.4, 0.5) is 5.69 Å². The smallest absolute Gasteiger partial charge is 0.317 e. The maximum absolute atomic E-state index is 11.9. The first kappa shape index (κ1) is 16.4. The molecule has 0 heterocycles. The van der Waals surface area contributed by atoms with Gasteiger partial charge in [-0.15, -0.1) is 0 Å². The van der Waals surface area contributed by atoms with Crippen LogP contribution in [0.2, 0.25) is 0 Å². The minimum absolute atomic E-state index is 0.351. The van der Waals surface area contributed by atoms with Crippen LogP contribution in [0.3, 0.4) is 0 Å². The van der Waals surface area contributed by atoms with Gasteiger partial charge in [0.15, 0.2) is 0 Å². The molecular formula is C13H16N2O6. The minimum Gasteiger partial charge on any atom is -0.495 e. The van der Waals surface area contributed by atoms with E-state index < -0.39 is 30.9 Å². The molecule has 8 heteroatoms. The van der Waals surface area contributed by atoms with Crippen molar-refractivity contribution < 1.29 is 29.3 Å². The van der Waals surface area contributed by atoms with Crippen LogP contribution < -0.4 is 10.1 Å². The number of aliphatic carboxylic acids is 2. The summed E-state index contributed by atoms with van der Waals surface area (Å²) in [6.45, 7) is -1.42. The Bertz CT molecular complexity index is 515. The Hall–Kier alpha value is -2.61. The van der Waals surface area contributed by atoms with Gasteiger partial charge in [-0.25, -0.2) is 0 Å². The van der Waals surface area contributed by atoms with Gasteiger partial charge in [-0.05, 0) is 12.1 Å². The van der Waals surface area contributed by atoms with Crippen molar-refractivity contribution in [1.82, 2.24) is 4.90 Å². The van der Waals surface area contributed by atoms with E-state index in [9.17, 15) is 14.4 Å². The molecule has 1 aromatic rings. The van der Waals surface area contributed by atoms with Gasteiger partial charge in [0, 0.05) is 0 Å². The number of rotatable bonds is 8. The molecule has 3 N–H and O–H groups in total. The van der Waals surface area contributed by atoms with E-state index in [1.807, 2.05) is 0 Å². The zero-order valence-electron chi connectivity index (χ0n) is 11.4. The number of para-hydroxylation sites is 2. The lowest BCUT2D eigenvalue weighted by Gasteiger charge is -2.17. The Labute approximate surface area is 120 Å². The molecule has 0 spiro atoms. The van der Waals surface area contributed by atoms with Gasteiger partial charge in [0.2, 0.25) is 5.91 Å². The normalized spacial score (nSPS) is 10.2. The monoisotopic (exact) mass is 296 g/mol. The molecule has 0 unspecified atom stereocenters. The molecule has 1 amide bonds. The zero-order valence-corrected chi connectivity index (χ0v) is 11.4. The van der Waals surface area contributed by atoms with Crippen LogP contribution in [0.5, 0.6) is 5.75 Å². The molecular weight excluding hydrogens is 280 g/mol. The molecule has 0 atom stereocenters. The summed E-state index contributed by atoms with van der Waals surface area (Å²) < 4.78 is 5.06. The standard InChI is InChI=1S/C13H16N2O6/c1-21-10-5-3-2-4-9(10)14-11(16)6-15(7-12(17)18)8-13(19)20/h2-5H,6-8H2,1H3,(H,14,16)(H,17,18)(H,19,20). The second kappa shape index (κ2) is 7.85. The molecule has 0 fully saturated rings. The van der Waals surface area contributed by atoms with E-state index in [-0.39, 0.29) is 6.54 Å². The van der Waals surface area contributed by atoms with Crippen LogP contribution in [-0.2, 0) is 14.4 Å². The lowest BCUT2D eigenvalue weighted by molar-refractivity contribution is -0.142. The fourth-order valence-corrected chi connectivity index (χ4v) is 1.69. The van der Waals surface area contributed by atoms with Crippen molar-refractivity contribution in [3.63, 3.8) is 0 Å². The van der Waals surface area contributed by atoms with Gasteiger partial charge in [-0.2, -0.15) is 0 Å². The Kier molecular flexibility index (Phi) is 6.15. The molecule has 0 saturated carbocycles. The predicted octanol–water partition coefficient (Wildman–Crippen LogP) is 0.105. The number of nitrogens with zero attached hydrogens (tertiary/aromatic N) is 1. The number of carboxylic acid groups (broad SMARTS) is 2. The van der Waals surface area contributed by atoms with Crippen LogP contribution in [0, 0.1) is 0 Å². The number of hydrogen-bond acceptors (Lipinski definition) is 5. The van der Waals surface area contributed by atoms with Crippen molar-refractivity contribution in [1.29, 1.82) is 0 Å². The summed E-state index contributed by atoms with van der Waals surface area (Å²) >= 11 is 0. The average Bonchev–Trinajstić information content (AvgIpc) is 2.37. The number of amides is 1. The molecule has 8 nitrogen and oxygen atoms in total. The highest BCUT2D eigenvalue weighted by atomic mass is 16.5. The number of carbonyl (C=O) groups is 3.